The summed E-state index contributed by atoms with van der Waals surface area (Å²) >= 11 is 0. The number of aliphatic hydroxyl groups is 2. The lowest BCUT2D eigenvalue weighted by Crippen LogP contribution is -2.59. The highest BCUT2D eigenvalue weighted by Gasteiger charge is 2.43. The van der Waals surface area contributed by atoms with E-state index < -0.39 is 23.6 Å². The molecule has 3 rings (SSSR count). The molecule has 0 aliphatic carbocycles. The molecule has 0 saturated carbocycles. The van der Waals surface area contributed by atoms with Gasteiger partial charge in [0.05, 0.1) is 12.2 Å². The summed E-state index contributed by atoms with van der Waals surface area (Å²) in [5.41, 5.74) is -1.03. The van der Waals surface area contributed by atoms with E-state index in [1.165, 1.54) is 6.07 Å². The number of likely N-dealkylation sites (tertiary alicyclic amines) is 1. The fourth-order valence-electron chi connectivity index (χ4n) is 3.07. The van der Waals surface area contributed by atoms with Gasteiger partial charge in [0.1, 0.15) is 29.9 Å². The van der Waals surface area contributed by atoms with Crippen molar-refractivity contribution in [1.29, 1.82) is 0 Å². The van der Waals surface area contributed by atoms with E-state index in [2.05, 4.69) is 5.32 Å². The molecular formula is C16H19FN2O6. The summed E-state index contributed by atoms with van der Waals surface area (Å²) in [6, 6.07) is 2.57. The molecule has 2 aliphatic heterocycles. The maximum atomic E-state index is 13.9. The van der Waals surface area contributed by atoms with Crippen LogP contribution in [0, 0.1) is 5.82 Å². The minimum Gasteiger partial charge on any atom is -0.490 e. The highest BCUT2D eigenvalue weighted by Crippen LogP contribution is 2.34. The Morgan fingerprint density at radius 2 is 2.20 bits per heavy atom. The number of carboxylic acid groups (broad SMARTS) is 1. The molecule has 0 radical (unpaired) electrons. The summed E-state index contributed by atoms with van der Waals surface area (Å²) in [7, 11) is 0. The first-order chi connectivity index (χ1) is 11.8. The number of aliphatic hydroxyl groups excluding tert-OH is 1. The number of rotatable bonds is 3. The van der Waals surface area contributed by atoms with Crippen LogP contribution in [0.5, 0.6) is 5.75 Å². The topological polar surface area (TPSA) is 119 Å². The van der Waals surface area contributed by atoms with Crippen molar-refractivity contribution < 1.29 is 34.0 Å². The van der Waals surface area contributed by atoms with E-state index in [-0.39, 0.29) is 44.1 Å². The number of benzene rings is 1. The number of carbonyl (C=O) groups is 2. The fraction of sp³-hybridized carbons (Fsp3) is 0.500. The lowest BCUT2D eigenvalue weighted by Gasteiger charge is -2.40. The molecular weight excluding hydrogens is 335 g/mol. The largest absolute Gasteiger partial charge is 0.490 e. The normalized spacial score (nSPS) is 26.0. The molecule has 9 heteroatoms. The van der Waals surface area contributed by atoms with Crippen LogP contribution in [0.1, 0.15) is 18.4 Å². The van der Waals surface area contributed by atoms with Crippen molar-refractivity contribution in [1.82, 2.24) is 4.90 Å². The van der Waals surface area contributed by atoms with Gasteiger partial charge in [0.2, 0.25) is 5.91 Å². The molecule has 1 saturated heterocycles. The number of β-amino-alcohol motifs (C(OH)–C–C–N with tert-alkyl or cyclic N) is 1. The zero-order chi connectivity index (χ0) is 18.2. The lowest BCUT2D eigenvalue weighted by molar-refractivity contribution is -0.132. The molecule has 2 heterocycles. The second-order valence-corrected chi connectivity index (χ2v) is 6.33. The molecule has 0 spiro atoms. The molecule has 1 fully saturated rings. The Kier molecular flexibility index (Phi) is 4.53. The van der Waals surface area contributed by atoms with Crippen LogP contribution >= 0.6 is 0 Å². The monoisotopic (exact) mass is 354 g/mol. The second-order valence-electron chi connectivity index (χ2n) is 6.33. The molecule has 2 aliphatic rings. The number of amides is 2. The van der Waals surface area contributed by atoms with Gasteiger partial charge < -0.3 is 30.3 Å². The first kappa shape index (κ1) is 17.4. The van der Waals surface area contributed by atoms with Crippen LogP contribution in [0.2, 0.25) is 0 Å². The highest BCUT2D eigenvalue weighted by atomic mass is 19.1. The number of carbonyl (C=O) groups excluding carboxylic acids is 1. The average Bonchev–Trinajstić information content (AvgIpc) is 2.57. The third-order valence-corrected chi connectivity index (χ3v) is 4.66. The molecule has 1 aromatic carbocycles. The van der Waals surface area contributed by atoms with E-state index in [9.17, 15) is 24.2 Å². The maximum Gasteiger partial charge on any atom is 0.407 e. The Morgan fingerprint density at radius 3 is 2.88 bits per heavy atom. The number of nitrogens with one attached hydrogen (secondary N) is 1. The van der Waals surface area contributed by atoms with Gasteiger partial charge in [0, 0.05) is 18.5 Å². The number of fused-ring (bicyclic) bond motifs is 1. The number of nitrogens with zero attached hydrogens (tertiary/aromatic N) is 1. The molecule has 25 heavy (non-hydrogen) atoms. The third-order valence-electron chi connectivity index (χ3n) is 4.66. The van der Waals surface area contributed by atoms with Crippen LogP contribution < -0.4 is 10.1 Å². The maximum absolute atomic E-state index is 13.9. The molecule has 0 aromatic heterocycles. The summed E-state index contributed by atoms with van der Waals surface area (Å²) in [5, 5.41) is 32.1. The van der Waals surface area contributed by atoms with Gasteiger partial charge in [-0.2, -0.15) is 0 Å². The van der Waals surface area contributed by atoms with Crippen LogP contribution in [0.3, 0.4) is 0 Å². The standard InChI is InChI=1S/C16H19FN2O6/c17-10-2-3-11(9-1-4-13(21)18-14(9)10)25-8-16(24)5-6-19(15(22)23)7-12(16)20/h2-3,12,20,24H,1,4-8H2,(H,18,21)(H,22,23). The molecule has 136 valence electrons. The number of anilines is 1. The molecule has 2 atom stereocenters. The zero-order valence-corrected chi connectivity index (χ0v) is 13.4. The first-order valence-electron chi connectivity index (χ1n) is 7.92. The summed E-state index contributed by atoms with van der Waals surface area (Å²) in [4.78, 5) is 23.4. The zero-order valence-electron chi connectivity index (χ0n) is 13.4. The lowest BCUT2D eigenvalue weighted by atomic mass is 9.89. The van der Waals surface area contributed by atoms with E-state index in [4.69, 9.17) is 9.84 Å². The molecule has 2 unspecified atom stereocenters. The van der Waals surface area contributed by atoms with Gasteiger partial charge in [-0.3, -0.25) is 4.79 Å². The van der Waals surface area contributed by atoms with Gasteiger partial charge in [-0.25, -0.2) is 9.18 Å². The SMILES string of the molecule is O=C1CCc2c(OCC3(O)CCN(C(=O)O)CC3O)ccc(F)c2N1. The van der Waals surface area contributed by atoms with Crippen molar-refractivity contribution in [2.45, 2.75) is 31.0 Å². The predicted octanol–water partition coefficient (Wildman–Crippen LogP) is 0.565. The second kappa shape index (κ2) is 6.49. The van der Waals surface area contributed by atoms with Crippen molar-refractivity contribution in [3.05, 3.63) is 23.5 Å². The number of ether oxygens (including phenoxy) is 1. The number of piperidine rings is 1. The predicted molar refractivity (Wildman–Crippen MR) is 84.0 cm³/mol. The summed E-state index contributed by atoms with van der Waals surface area (Å²) in [6.07, 6.45) is -1.94. The number of halogens is 1. The van der Waals surface area contributed by atoms with Crippen molar-refractivity contribution in [3.8, 4) is 5.75 Å². The van der Waals surface area contributed by atoms with Crippen molar-refractivity contribution in [2.75, 3.05) is 25.0 Å². The first-order valence-corrected chi connectivity index (χ1v) is 7.92. The van der Waals surface area contributed by atoms with Crippen LogP contribution in [0.25, 0.3) is 0 Å². The third kappa shape index (κ3) is 3.38. The van der Waals surface area contributed by atoms with E-state index in [0.29, 0.717) is 17.7 Å². The van der Waals surface area contributed by atoms with Crippen LogP contribution in [0.15, 0.2) is 12.1 Å². The Morgan fingerprint density at radius 1 is 1.44 bits per heavy atom. The minimum atomic E-state index is -1.61. The Hall–Kier alpha value is -2.39. The Labute approximate surface area is 142 Å². The van der Waals surface area contributed by atoms with E-state index in [1.807, 2.05) is 0 Å². The molecule has 8 nitrogen and oxygen atoms in total. The summed E-state index contributed by atoms with van der Waals surface area (Å²) < 4.78 is 19.5. The number of hydrogen-bond donors (Lipinski definition) is 4. The van der Waals surface area contributed by atoms with E-state index in [1.54, 1.807) is 0 Å². The van der Waals surface area contributed by atoms with Crippen LogP contribution in [-0.4, -0.2) is 63.6 Å². The van der Waals surface area contributed by atoms with E-state index >= 15 is 0 Å². The van der Waals surface area contributed by atoms with Crippen molar-refractivity contribution in [3.63, 3.8) is 0 Å². The molecule has 0 bridgehead atoms. The Balaban J connectivity index is 1.73. The highest BCUT2D eigenvalue weighted by molar-refractivity contribution is 5.94. The number of hydrogen-bond acceptors (Lipinski definition) is 5. The van der Waals surface area contributed by atoms with Gasteiger partial charge in [-0.1, -0.05) is 0 Å². The average molecular weight is 354 g/mol. The smallest absolute Gasteiger partial charge is 0.407 e. The van der Waals surface area contributed by atoms with Gasteiger partial charge in [0.15, 0.2) is 0 Å². The van der Waals surface area contributed by atoms with Crippen LogP contribution in [-0.2, 0) is 11.2 Å². The van der Waals surface area contributed by atoms with Gasteiger partial charge in [0.25, 0.3) is 0 Å². The van der Waals surface area contributed by atoms with E-state index in [0.717, 1.165) is 11.0 Å². The van der Waals surface area contributed by atoms with Gasteiger partial charge >= 0.3 is 6.09 Å². The van der Waals surface area contributed by atoms with Crippen molar-refractivity contribution in [2.24, 2.45) is 0 Å². The van der Waals surface area contributed by atoms with Crippen molar-refractivity contribution >= 4 is 17.7 Å². The van der Waals surface area contributed by atoms with Crippen LogP contribution in [0.4, 0.5) is 14.9 Å². The molecule has 2 amide bonds. The fourth-order valence-corrected chi connectivity index (χ4v) is 3.07. The molecule has 1 aromatic rings. The summed E-state index contributed by atoms with van der Waals surface area (Å²) in [6.45, 7) is -0.412. The van der Waals surface area contributed by atoms with Gasteiger partial charge in [-0.15, -0.1) is 0 Å². The quantitative estimate of drug-likeness (QED) is 0.630. The minimum absolute atomic E-state index is 0.0145. The summed E-state index contributed by atoms with van der Waals surface area (Å²) in [5.74, 6) is -0.528. The van der Waals surface area contributed by atoms with Gasteiger partial charge in [-0.05, 0) is 25.0 Å². The molecule has 4 N–H and O–H groups in total. The Bertz CT molecular complexity index is 712.